The predicted octanol–water partition coefficient (Wildman–Crippen LogP) is 2.41. The van der Waals surface area contributed by atoms with Crippen LogP contribution < -0.4 is 4.90 Å². The standard InChI is InChI=1S/C18H28N4O2/c1-13-10-16(17(23)22-11-14(2)24-15(3)12-22)20-18(19-13)21-8-6-4-5-7-9-21/h10,14-15H,4-9,11-12H2,1-3H3/t14-,15+. The minimum absolute atomic E-state index is 0.0152. The van der Waals surface area contributed by atoms with E-state index in [0.717, 1.165) is 18.8 Å². The summed E-state index contributed by atoms with van der Waals surface area (Å²) in [7, 11) is 0. The molecule has 0 aromatic carbocycles. The van der Waals surface area contributed by atoms with Gasteiger partial charge in [-0.2, -0.15) is 0 Å². The maximum atomic E-state index is 12.9. The Morgan fingerprint density at radius 1 is 1.08 bits per heavy atom. The number of anilines is 1. The number of aryl methyl sites for hydroxylation is 1. The van der Waals surface area contributed by atoms with Crippen LogP contribution in [-0.2, 0) is 4.74 Å². The lowest BCUT2D eigenvalue weighted by atomic mass is 10.2. The van der Waals surface area contributed by atoms with Gasteiger partial charge in [0, 0.05) is 31.9 Å². The van der Waals surface area contributed by atoms with E-state index in [2.05, 4.69) is 14.9 Å². The van der Waals surface area contributed by atoms with Crippen molar-refractivity contribution in [2.75, 3.05) is 31.1 Å². The molecular formula is C18H28N4O2. The number of ether oxygens (including phenoxy) is 1. The molecule has 3 heterocycles. The molecule has 0 radical (unpaired) electrons. The number of carbonyl (C=O) groups excluding carboxylic acids is 1. The summed E-state index contributed by atoms with van der Waals surface area (Å²) in [6, 6.07) is 1.80. The van der Waals surface area contributed by atoms with Gasteiger partial charge in [0.2, 0.25) is 5.95 Å². The molecule has 24 heavy (non-hydrogen) atoms. The lowest BCUT2D eigenvalue weighted by Crippen LogP contribution is -2.48. The highest BCUT2D eigenvalue weighted by molar-refractivity contribution is 5.92. The van der Waals surface area contributed by atoms with Gasteiger partial charge in [0.25, 0.3) is 5.91 Å². The second kappa shape index (κ2) is 7.47. The van der Waals surface area contributed by atoms with Gasteiger partial charge in [-0.15, -0.1) is 0 Å². The fourth-order valence-electron chi connectivity index (χ4n) is 3.58. The van der Waals surface area contributed by atoms with Crippen LogP contribution in [0, 0.1) is 6.92 Å². The van der Waals surface area contributed by atoms with Gasteiger partial charge in [-0.3, -0.25) is 4.79 Å². The molecule has 0 N–H and O–H groups in total. The number of nitrogens with zero attached hydrogens (tertiary/aromatic N) is 4. The van der Waals surface area contributed by atoms with Crippen LogP contribution in [-0.4, -0.2) is 59.2 Å². The monoisotopic (exact) mass is 332 g/mol. The van der Waals surface area contributed by atoms with Crippen LogP contribution in [0.2, 0.25) is 0 Å². The smallest absolute Gasteiger partial charge is 0.272 e. The van der Waals surface area contributed by atoms with E-state index in [1.807, 2.05) is 25.7 Å². The topological polar surface area (TPSA) is 58.6 Å². The third-order valence-corrected chi connectivity index (χ3v) is 4.66. The van der Waals surface area contributed by atoms with Crippen molar-refractivity contribution >= 4 is 11.9 Å². The van der Waals surface area contributed by atoms with Crippen LogP contribution >= 0.6 is 0 Å². The predicted molar refractivity (Wildman–Crippen MR) is 93.4 cm³/mol. The molecule has 1 aromatic heterocycles. The van der Waals surface area contributed by atoms with Crippen molar-refractivity contribution in [3.63, 3.8) is 0 Å². The van der Waals surface area contributed by atoms with E-state index in [9.17, 15) is 4.79 Å². The zero-order valence-corrected chi connectivity index (χ0v) is 15.0. The summed E-state index contributed by atoms with van der Waals surface area (Å²) in [5.41, 5.74) is 1.35. The maximum absolute atomic E-state index is 12.9. The van der Waals surface area contributed by atoms with Gasteiger partial charge in [0.15, 0.2) is 0 Å². The SMILES string of the molecule is Cc1cc(C(=O)N2C[C@@H](C)O[C@@H](C)C2)nc(N2CCCCCC2)n1. The zero-order valence-electron chi connectivity index (χ0n) is 15.0. The van der Waals surface area contributed by atoms with Gasteiger partial charge < -0.3 is 14.5 Å². The Morgan fingerprint density at radius 3 is 2.33 bits per heavy atom. The summed E-state index contributed by atoms with van der Waals surface area (Å²) >= 11 is 0. The second-order valence-electron chi connectivity index (χ2n) is 7.06. The number of rotatable bonds is 2. The quantitative estimate of drug-likeness (QED) is 0.832. The lowest BCUT2D eigenvalue weighted by molar-refractivity contribution is -0.0587. The third kappa shape index (κ3) is 4.04. The van der Waals surface area contributed by atoms with Gasteiger partial charge >= 0.3 is 0 Å². The summed E-state index contributed by atoms with van der Waals surface area (Å²) < 4.78 is 5.72. The summed E-state index contributed by atoms with van der Waals surface area (Å²) in [6.07, 6.45) is 4.98. The first-order valence-corrected chi connectivity index (χ1v) is 9.08. The Kier molecular flexibility index (Phi) is 5.33. The average Bonchev–Trinajstić information content (AvgIpc) is 2.82. The van der Waals surface area contributed by atoms with Crippen LogP contribution in [0.4, 0.5) is 5.95 Å². The fourth-order valence-corrected chi connectivity index (χ4v) is 3.58. The zero-order chi connectivity index (χ0) is 17.1. The van der Waals surface area contributed by atoms with Gasteiger partial charge in [0.1, 0.15) is 5.69 Å². The summed E-state index contributed by atoms with van der Waals surface area (Å²) in [4.78, 5) is 26.2. The first-order valence-electron chi connectivity index (χ1n) is 9.08. The molecule has 1 amide bonds. The number of carbonyl (C=O) groups is 1. The Balaban J connectivity index is 1.81. The minimum Gasteiger partial charge on any atom is -0.372 e. The number of hydrogen-bond acceptors (Lipinski definition) is 5. The molecule has 2 atom stereocenters. The molecule has 1 aromatic rings. The molecule has 2 fully saturated rings. The molecule has 6 heteroatoms. The molecule has 2 aliphatic heterocycles. The van der Waals surface area contributed by atoms with E-state index in [1.165, 1.54) is 25.7 Å². The van der Waals surface area contributed by atoms with E-state index in [1.54, 1.807) is 6.07 Å². The van der Waals surface area contributed by atoms with Gasteiger partial charge in [-0.05, 0) is 39.7 Å². The molecule has 0 aliphatic carbocycles. The summed E-state index contributed by atoms with van der Waals surface area (Å²) in [5.74, 6) is 0.688. The van der Waals surface area contributed by atoms with Gasteiger partial charge in [-0.25, -0.2) is 9.97 Å². The van der Waals surface area contributed by atoms with Crippen molar-refractivity contribution < 1.29 is 9.53 Å². The number of amides is 1. The Hall–Kier alpha value is -1.69. The van der Waals surface area contributed by atoms with Crippen LogP contribution in [0.15, 0.2) is 6.07 Å². The first kappa shape index (κ1) is 17.1. The molecular weight excluding hydrogens is 304 g/mol. The van der Waals surface area contributed by atoms with E-state index in [0.29, 0.717) is 24.7 Å². The van der Waals surface area contributed by atoms with E-state index >= 15 is 0 Å². The number of hydrogen-bond donors (Lipinski definition) is 0. The van der Waals surface area contributed by atoms with Gasteiger partial charge in [-0.1, -0.05) is 12.8 Å². The van der Waals surface area contributed by atoms with Crippen molar-refractivity contribution in [2.24, 2.45) is 0 Å². The van der Waals surface area contributed by atoms with Crippen LogP contribution in [0.3, 0.4) is 0 Å². The van der Waals surface area contributed by atoms with Crippen LogP contribution in [0.1, 0.15) is 55.7 Å². The van der Waals surface area contributed by atoms with Crippen molar-refractivity contribution in [3.8, 4) is 0 Å². The van der Waals surface area contributed by atoms with Crippen molar-refractivity contribution in [1.82, 2.24) is 14.9 Å². The molecule has 6 nitrogen and oxygen atoms in total. The number of aromatic nitrogens is 2. The highest BCUT2D eigenvalue weighted by Crippen LogP contribution is 2.19. The molecule has 0 unspecified atom stereocenters. The Morgan fingerprint density at radius 2 is 1.71 bits per heavy atom. The lowest BCUT2D eigenvalue weighted by Gasteiger charge is -2.35. The number of morpholine rings is 1. The van der Waals surface area contributed by atoms with E-state index in [-0.39, 0.29) is 18.1 Å². The molecule has 0 spiro atoms. The second-order valence-corrected chi connectivity index (χ2v) is 7.06. The molecule has 132 valence electrons. The Labute approximate surface area is 144 Å². The third-order valence-electron chi connectivity index (χ3n) is 4.66. The molecule has 2 aliphatic rings. The molecule has 3 rings (SSSR count). The van der Waals surface area contributed by atoms with Crippen LogP contribution in [0.25, 0.3) is 0 Å². The van der Waals surface area contributed by atoms with Gasteiger partial charge in [0.05, 0.1) is 12.2 Å². The highest BCUT2D eigenvalue weighted by Gasteiger charge is 2.28. The minimum atomic E-state index is -0.0152. The molecule has 0 bridgehead atoms. The van der Waals surface area contributed by atoms with Crippen molar-refractivity contribution in [2.45, 2.75) is 58.7 Å². The molecule has 0 saturated carbocycles. The van der Waals surface area contributed by atoms with E-state index in [4.69, 9.17) is 4.74 Å². The van der Waals surface area contributed by atoms with E-state index < -0.39 is 0 Å². The summed E-state index contributed by atoms with van der Waals surface area (Å²) in [6.45, 7) is 9.12. The van der Waals surface area contributed by atoms with Crippen molar-refractivity contribution in [1.29, 1.82) is 0 Å². The average molecular weight is 332 g/mol. The fraction of sp³-hybridized carbons (Fsp3) is 0.722. The molecule has 2 saturated heterocycles. The van der Waals surface area contributed by atoms with Crippen molar-refractivity contribution in [3.05, 3.63) is 17.5 Å². The normalized spacial score (nSPS) is 25.5. The largest absolute Gasteiger partial charge is 0.372 e. The summed E-state index contributed by atoms with van der Waals surface area (Å²) in [5, 5.41) is 0. The first-order chi connectivity index (χ1) is 11.5. The maximum Gasteiger partial charge on any atom is 0.272 e. The van der Waals surface area contributed by atoms with Crippen LogP contribution in [0.5, 0.6) is 0 Å². The Bertz CT molecular complexity index is 574. The highest BCUT2D eigenvalue weighted by atomic mass is 16.5.